The van der Waals surface area contributed by atoms with Gasteiger partial charge in [-0.1, -0.05) is 35.9 Å². The number of imide groups is 1. The van der Waals surface area contributed by atoms with Crippen LogP contribution in [0, 0.1) is 6.92 Å². The Morgan fingerprint density at radius 2 is 1.54 bits per heavy atom. The highest BCUT2D eigenvalue weighted by Crippen LogP contribution is 2.38. The van der Waals surface area contributed by atoms with Crippen molar-refractivity contribution in [1.29, 1.82) is 0 Å². The maximum atomic E-state index is 13.5. The number of aryl methyl sites for hydroxylation is 1. The summed E-state index contributed by atoms with van der Waals surface area (Å²) in [6.07, 6.45) is 3.20. The minimum absolute atomic E-state index is 0.253. The summed E-state index contributed by atoms with van der Waals surface area (Å²) in [5.41, 5.74) is 3.27. The molecule has 4 rings (SSSR count). The van der Waals surface area contributed by atoms with Gasteiger partial charge in [0.1, 0.15) is 11.4 Å². The molecule has 0 aliphatic carbocycles. The molecule has 2 aliphatic heterocycles. The molecule has 2 amide bonds. The summed E-state index contributed by atoms with van der Waals surface area (Å²) < 4.78 is 5.50. The van der Waals surface area contributed by atoms with Gasteiger partial charge in [-0.15, -0.1) is 0 Å². The highest BCUT2D eigenvalue weighted by atomic mass is 16.5. The SMILES string of the molecule is COc1ccccc1C1=C(N2CCCCC2)C(=O)N(c2ccc(C)cc2)C1=O. The van der Waals surface area contributed by atoms with Crippen molar-refractivity contribution in [2.75, 3.05) is 25.1 Å². The third-order valence-corrected chi connectivity index (χ3v) is 5.40. The second-order valence-electron chi connectivity index (χ2n) is 7.25. The molecule has 2 aromatic carbocycles. The number of hydrogen-bond donors (Lipinski definition) is 0. The number of carbonyl (C=O) groups excluding carboxylic acids is 2. The number of anilines is 1. The van der Waals surface area contributed by atoms with E-state index in [1.807, 2.05) is 55.5 Å². The van der Waals surface area contributed by atoms with Crippen LogP contribution in [0.4, 0.5) is 5.69 Å². The van der Waals surface area contributed by atoms with E-state index in [1.54, 1.807) is 7.11 Å². The van der Waals surface area contributed by atoms with Crippen molar-refractivity contribution >= 4 is 23.1 Å². The Bertz CT molecular complexity index is 941. The highest BCUT2D eigenvalue weighted by Gasteiger charge is 2.43. The minimum atomic E-state index is -0.293. The highest BCUT2D eigenvalue weighted by molar-refractivity contribution is 6.45. The monoisotopic (exact) mass is 376 g/mol. The number of para-hydroxylation sites is 1. The predicted molar refractivity (Wildman–Crippen MR) is 109 cm³/mol. The molecule has 0 aromatic heterocycles. The third-order valence-electron chi connectivity index (χ3n) is 5.40. The topological polar surface area (TPSA) is 49.9 Å². The predicted octanol–water partition coefficient (Wildman–Crippen LogP) is 3.77. The zero-order valence-electron chi connectivity index (χ0n) is 16.3. The quantitative estimate of drug-likeness (QED) is 0.762. The van der Waals surface area contributed by atoms with E-state index in [2.05, 4.69) is 4.90 Å². The zero-order valence-corrected chi connectivity index (χ0v) is 16.3. The molecule has 2 aliphatic rings. The van der Waals surface area contributed by atoms with E-state index in [-0.39, 0.29) is 11.8 Å². The zero-order chi connectivity index (χ0) is 19.7. The molecule has 0 unspecified atom stereocenters. The van der Waals surface area contributed by atoms with Gasteiger partial charge >= 0.3 is 0 Å². The fourth-order valence-corrected chi connectivity index (χ4v) is 3.95. The molecule has 5 nitrogen and oxygen atoms in total. The molecule has 144 valence electrons. The normalized spacial score (nSPS) is 17.5. The molecule has 0 N–H and O–H groups in total. The number of likely N-dealkylation sites (tertiary alicyclic amines) is 1. The minimum Gasteiger partial charge on any atom is -0.496 e. The summed E-state index contributed by atoms with van der Waals surface area (Å²) in [5.74, 6) is 0.0505. The Kier molecular flexibility index (Phi) is 4.90. The lowest BCUT2D eigenvalue weighted by Crippen LogP contribution is -2.37. The van der Waals surface area contributed by atoms with Crippen LogP contribution in [0.1, 0.15) is 30.4 Å². The van der Waals surface area contributed by atoms with Crippen LogP contribution in [0.15, 0.2) is 54.2 Å². The lowest BCUT2D eigenvalue weighted by Gasteiger charge is -2.29. The Morgan fingerprint density at radius 1 is 0.857 bits per heavy atom. The van der Waals surface area contributed by atoms with Crippen molar-refractivity contribution < 1.29 is 14.3 Å². The van der Waals surface area contributed by atoms with Crippen molar-refractivity contribution in [3.63, 3.8) is 0 Å². The van der Waals surface area contributed by atoms with Crippen LogP contribution in [0.5, 0.6) is 5.75 Å². The molecule has 0 saturated carbocycles. The van der Waals surface area contributed by atoms with Gasteiger partial charge in [0, 0.05) is 18.7 Å². The number of hydrogen-bond acceptors (Lipinski definition) is 4. The Hall–Kier alpha value is -3.08. The summed E-state index contributed by atoms with van der Waals surface area (Å²) in [5, 5.41) is 0. The summed E-state index contributed by atoms with van der Waals surface area (Å²) in [4.78, 5) is 30.3. The number of piperidine rings is 1. The first kappa shape index (κ1) is 18.3. The molecule has 28 heavy (non-hydrogen) atoms. The number of carbonyl (C=O) groups is 2. The molecule has 5 heteroatoms. The van der Waals surface area contributed by atoms with E-state index in [4.69, 9.17) is 4.74 Å². The van der Waals surface area contributed by atoms with Gasteiger partial charge < -0.3 is 9.64 Å². The molecule has 2 heterocycles. The first-order valence-corrected chi connectivity index (χ1v) is 9.70. The molecule has 0 spiro atoms. The van der Waals surface area contributed by atoms with Crippen LogP contribution in [-0.4, -0.2) is 36.9 Å². The van der Waals surface area contributed by atoms with Gasteiger partial charge in [-0.05, 0) is 44.4 Å². The lowest BCUT2D eigenvalue weighted by atomic mass is 10.0. The van der Waals surface area contributed by atoms with Crippen LogP contribution in [-0.2, 0) is 9.59 Å². The smallest absolute Gasteiger partial charge is 0.282 e. The molecule has 0 bridgehead atoms. The summed E-state index contributed by atoms with van der Waals surface area (Å²) in [6.45, 7) is 3.55. The number of benzene rings is 2. The molecular formula is C23H24N2O3. The number of methoxy groups -OCH3 is 1. The first-order chi connectivity index (χ1) is 13.6. The summed E-state index contributed by atoms with van der Waals surface area (Å²) in [6, 6.07) is 14.9. The number of nitrogens with zero attached hydrogens (tertiary/aromatic N) is 2. The number of ether oxygens (including phenoxy) is 1. The first-order valence-electron chi connectivity index (χ1n) is 9.70. The van der Waals surface area contributed by atoms with Gasteiger partial charge in [0.15, 0.2) is 0 Å². The van der Waals surface area contributed by atoms with Crippen molar-refractivity contribution in [2.45, 2.75) is 26.2 Å². The van der Waals surface area contributed by atoms with Crippen molar-refractivity contribution in [1.82, 2.24) is 4.90 Å². The van der Waals surface area contributed by atoms with Crippen LogP contribution in [0.3, 0.4) is 0 Å². The van der Waals surface area contributed by atoms with E-state index >= 15 is 0 Å². The van der Waals surface area contributed by atoms with Crippen molar-refractivity contribution in [2.24, 2.45) is 0 Å². The molecular weight excluding hydrogens is 352 g/mol. The van der Waals surface area contributed by atoms with E-state index < -0.39 is 0 Å². The van der Waals surface area contributed by atoms with Crippen molar-refractivity contribution in [3.8, 4) is 5.75 Å². The van der Waals surface area contributed by atoms with Crippen molar-refractivity contribution in [3.05, 3.63) is 65.4 Å². The van der Waals surface area contributed by atoms with Gasteiger partial charge in [0.2, 0.25) is 0 Å². The molecule has 1 saturated heterocycles. The third kappa shape index (κ3) is 3.07. The van der Waals surface area contributed by atoms with Crippen LogP contribution < -0.4 is 9.64 Å². The average molecular weight is 376 g/mol. The fraction of sp³-hybridized carbons (Fsp3) is 0.304. The van der Waals surface area contributed by atoms with Gasteiger partial charge in [-0.3, -0.25) is 9.59 Å². The Labute approximate surface area is 165 Å². The van der Waals surface area contributed by atoms with E-state index in [1.165, 1.54) is 4.90 Å². The molecule has 0 atom stereocenters. The maximum absolute atomic E-state index is 13.5. The van der Waals surface area contributed by atoms with Gasteiger partial charge in [-0.2, -0.15) is 0 Å². The molecule has 2 aromatic rings. The van der Waals surface area contributed by atoms with E-state index in [0.29, 0.717) is 28.3 Å². The maximum Gasteiger partial charge on any atom is 0.282 e. The molecule has 0 radical (unpaired) electrons. The molecule has 1 fully saturated rings. The summed E-state index contributed by atoms with van der Waals surface area (Å²) >= 11 is 0. The lowest BCUT2D eigenvalue weighted by molar-refractivity contribution is -0.120. The number of amides is 2. The van der Waals surface area contributed by atoms with Gasteiger partial charge in [-0.25, -0.2) is 4.90 Å². The Morgan fingerprint density at radius 3 is 2.21 bits per heavy atom. The van der Waals surface area contributed by atoms with Crippen LogP contribution in [0.2, 0.25) is 0 Å². The van der Waals surface area contributed by atoms with E-state index in [9.17, 15) is 9.59 Å². The van der Waals surface area contributed by atoms with Gasteiger partial charge in [0.25, 0.3) is 11.8 Å². The summed E-state index contributed by atoms with van der Waals surface area (Å²) in [7, 11) is 1.58. The Balaban J connectivity index is 1.86. The average Bonchev–Trinajstić information content (AvgIpc) is 2.99. The second kappa shape index (κ2) is 7.50. The van der Waals surface area contributed by atoms with E-state index in [0.717, 1.165) is 37.9 Å². The van der Waals surface area contributed by atoms with Gasteiger partial charge in [0.05, 0.1) is 18.4 Å². The van der Waals surface area contributed by atoms with Crippen LogP contribution >= 0.6 is 0 Å². The second-order valence-corrected chi connectivity index (χ2v) is 7.25. The number of rotatable bonds is 4. The van der Waals surface area contributed by atoms with Crippen LogP contribution in [0.25, 0.3) is 5.57 Å². The standard InChI is InChI=1S/C23H24N2O3/c1-16-10-12-17(13-11-16)25-22(26)20(18-8-4-5-9-19(18)28-2)21(23(25)27)24-14-6-3-7-15-24/h4-5,8-13H,3,6-7,14-15H2,1-2H3. The fourth-order valence-electron chi connectivity index (χ4n) is 3.95. The largest absolute Gasteiger partial charge is 0.496 e.